The van der Waals surface area contributed by atoms with Crippen LogP contribution in [0, 0.1) is 0 Å². The molecule has 0 aromatic heterocycles. The third-order valence-electron chi connectivity index (χ3n) is 3.97. The Bertz CT molecular complexity index is 905. The van der Waals surface area contributed by atoms with Gasteiger partial charge in [0.25, 0.3) is 0 Å². The Morgan fingerprint density at radius 2 is 2.00 bits per heavy atom. The fraction of sp³-hybridized carbons (Fsp3) is 0.238. The van der Waals surface area contributed by atoms with Crippen LogP contribution in [-0.4, -0.2) is 25.6 Å². The summed E-state index contributed by atoms with van der Waals surface area (Å²) in [6, 6.07) is 12.5. The number of esters is 1. The summed E-state index contributed by atoms with van der Waals surface area (Å²) >= 11 is 6.15. The van der Waals surface area contributed by atoms with Crippen molar-refractivity contribution in [2.45, 2.75) is 19.8 Å². The molecule has 0 saturated carbocycles. The zero-order valence-electron chi connectivity index (χ0n) is 15.2. The summed E-state index contributed by atoms with van der Waals surface area (Å²) in [7, 11) is 1.58. The lowest BCUT2D eigenvalue weighted by Crippen LogP contribution is -2.05. The lowest BCUT2D eigenvalue weighted by atomic mass is 10.1. The molecule has 1 aliphatic rings. The number of benzene rings is 2. The van der Waals surface area contributed by atoms with Gasteiger partial charge in [-0.1, -0.05) is 43.1 Å². The van der Waals surface area contributed by atoms with Gasteiger partial charge >= 0.3 is 5.97 Å². The minimum absolute atomic E-state index is 0.198. The minimum Gasteiger partial charge on any atom is -0.493 e. The average molecular weight is 386 g/mol. The molecule has 0 bridgehead atoms. The highest BCUT2D eigenvalue weighted by atomic mass is 35.5. The van der Waals surface area contributed by atoms with Gasteiger partial charge in [0.2, 0.25) is 5.90 Å². The number of nitrogens with zero attached hydrogens (tertiary/aromatic N) is 1. The van der Waals surface area contributed by atoms with Gasteiger partial charge in [-0.2, -0.15) is 0 Å². The van der Waals surface area contributed by atoms with Gasteiger partial charge in [0.15, 0.2) is 17.2 Å². The van der Waals surface area contributed by atoms with Crippen LogP contribution in [0.5, 0.6) is 11.5 Å². The van der Waals surface area contributed by atoms with Crippen molar-refractivity contribution in [1.29, 1.82) is 0 Å². The fourth-order valence-electron chi connectivity index (χ4n) is 2.54. The van der Waals surface area contributed by atoms with E-state index in [1.54, 1.807) is 43.5 Å². The van der Waals surface area contributed by atoms with E-state index < -0.39 is 5.97 Å². The summed E-state index contributed by atoms with van der Waals surface area (Å²) in [6.07, 6.45) is 3.67. The largest absolute Gasteiger partial charge is 0.493 e. The highest BCUT2D eigenvalue weighted by Gasteiger charge is 2.25. The number of carbonyl (C=O) groups excluding carboxylic acids is 1. The zero-order valence-corrected chi connectivity index (χ0v) is 16.0. The van der Waals surface area contributed by atoms with E-state index in [9.17, 15) is 4.79 Å². The molecule has 0 amide bonds. The predicted octanol–water partition coefficient (Wildman–Crippen LogP) is 4.87. The molecule has 0 spiro atoms. The summed E-state index contributed by atoms with van der Waals surface area (Å²) < 4.78 is 16.4. The number of halogens is 1. The van der Waals surface area contributed by atoms with E-state index in [2.05, 4.69) is 11.9 Å². The number of unbranched alkanes of at least 4 members (excludes halogenated alkanes) is 1. The number of carbonyl (C=O) groups is 1. The maximum atomic E-state index is 12.2. The molecule has 0 N–H and O–H groups in total. The molecule has 0 radical (unpaired) electrons. The summed E-state index contributed by atoms with van der Waals surface area (Å²) in [4.78, 5) is 16.4. The van der Waals surface area contributed by atoms with Crippen LogP contribution in [0.4, 0.5) is 0 Å². The maximum absolute atomic E-state index is 12.2. The Morgan fingerprint density at radius 3 is 2.74 bits per heavy atom. The Morgan fingerprint density at radius 1 is 1.19 bits per heavy atom. The zero-order chi connectivity index (χ0) is 19.2. The van der Waals surface area contributed by atoms with Gasteiger partial charge in [0.1, 0.15) is 0 Å². The molecule has 0 fully saturated rings. The highest BCUT2D eigenvalue weighted by Crippen LogP contribution is 2.30. The quantitative estimate of drug-likeness (QED) is 0.387. The molecule has 1 heterocycles. The van der Waals surface area contributed by atoms with Gasteiger partial charge in [-0.05, 0) is 42.3 Å². The molecule has 0 saturated heterocycles. The van der Waals surface area contributed by atoms with Crippen LogP contribution in [-0.2, 0) is 9.53 Å². The topological polar surface area (TPSA) is 57.1 Å². The third-order valence-corrected chi connectivity index (χ3v) is 4.30. The lowest BCUT2D eigenvalue weighted by molar-refractivity contribution is -0.129. The molecular formula is C21H20ClNO4. The van der Waals surface area contributed by atoms with Crippen LogP contribution < -0.4 is 9.47 Å². The molecule has 1 aliphatic heterocycles. The second-order valence-electron chi connectivity index (χ2n) is 5.93. The number of rotatable bonds is 7. The van der Waals surface area contributed by atoms with E-state index in [4.69, 9.17) is 25.8 Å². The maximum Gasteiger partial charge on any atom is 0.363 e. The Hall–Kier alpha value is -2.79. The first kappa shape index (κ1) is 19.0. The van der Waals surface area contributed by atoms with Crippen LogP contribution in [0.25, 0.3) is 6.08 Å². The Balaban J connectivity index is 1.85. The van der Waals surface area contributed by atoms with Gasteiger partial charge in [0, 0.05) is 0 Å². The van der Waals surface area contributed by atoms with Crippen molar-refractivity contribution < 1.29 is 19.0 Å². The smallest absolute Gasteiger partial charge is 0.363 e. The monoisotopic (exact) mass is 385 g/mol. The Labute approximate surface area is 163 Å². The van der Waals surface area contributed by atoms with Crippen LogP contribution in [0.1, 0.15) is 30.9 Å². The first-order valence-electron chi connectivity index (χ1n) is 8.70. The number of methoxy groups -OCH3 is 1. The van der Waals surface area contributed by atoms with E-state index in [0.717, 1.165) is 18.4 Å². The highest BCUT2D eigenvalue weighted by molar-refractivity contribution is 6.34. The van der Waals surface area contributed by atoms with Crippen LogP contribution >= 0.6 is 11.6 Å². The van der Waals surface area contributed by atoms with Crippen molar-refractivity contribution in [2.75, 3.05) is 13.7 Å². The first-order valence-corrected chi connectivity index (χ1v) is 9.08. The number of aliphatic imine (C=N–C) groups is 1. The molecule has 140 valence electrons. The van der Waals surface area contributed by atoms with Crippen LogP contribution in [0.3, 0.4) is 0 Å². The Kier molecular flexibility index (Phi) is 6.14. The van der Waals surface area contributed by atoms with Gasteiger partial charge in [-0.25, -0.2) is 9.79 Å². The molecule has 6 heteroatoms. The van der Waals surface area contributed by atoms with Gasteiger partial charge in [-0.15, -0.1) is 0 Å². The van der Waals surface area contributed by atoms with E-state index in [1.807, 2.05) is 12.1 Å². The van der Waals surface area contributed by atoms with Gasteiger partial charge in [0.05, 0.1) is 24.3 Å². The van der Waals surface area contributed by atoms with Crippen molar-refractivity contribution in [3.8, 4) is 11.5 Å². The van der Waals surface area contributed by atoms with E-state index >= 15 is 0 Å². The second-order valence-corrected chi connectivity index (χ2v) is 6.34. The van der Waals surface area contributed by atoms with Crippen molar-refractivity contribution in [3.05, 3.63) is 64.3 Å². The molecule has 2 aromatic carbocycles. The number of ether oxygens (including phenoxy) is 3. The lowest BCUT2D eigenvalue weighted by Gasteiger charge is -2.10. The molecule has 0 aliphatic carbocycles. The molecule has 27 heavy (non-hydrogen) atoms. The summed E-state index contributed by atoms with van der Waals surface area (Å²) in [6.45, 7) is 2.74. The van der Waals surface area contributed by atoms with Crippen molar-refractivity contribution >= 4 is 29.5 Å². The van der Waals surface area contributed by atoms with E-state index in [0.29, 0.717) is 28.7 Å². The van der Waals surface area contributed by atoms with E-state index in [1.165, 1.54) is 0 Å². The second kappa shape index (κ2) is 8.73. The number of cyclic esters (lactones) is 1. The molecule has 3 rings (SSSR count). The predicted molar refractivity (Wildman–Crippen MR) is 105 cm³/mol. The first-order chi connectivity index (χ1) is 13.1. The fourth-order valence-corrected chi connectivity index (χ4v) is 2.75. The van der Waals surface area contributed by atoms with Gasteiger partial charge in [-0.3, -0.25) is 0 Å². The third kappa shape index (κ3) is 4.49. The van der Waals surface area contributed by atoms with Crippen molar-refractivity contribution in [3.63, 3.8) is 0 Å². The molecule has 5 nitrogen and oxygen atoms in total. The molecule has 0 unspecified atom stereocenters. The van der Waals surface area contributed by atoms with Crippen LogP contribution in [0.2, 0.25) is 5.02 Å². The minimum atomic E-state index is -0.521. The average Bonchev–Trinajstić information content (AvgIpc) is 3.03. The SMILES string of the molecule is CCCCOc1ccc(C=C2N=C(c3ccccc3Cl)OC2=O)cc1OC. The number of hydrogen-bond acceptors (Lipinski definition) is 5. The summed E-state index contributed by atoms with van der Waals surface area (Å²) in [5.74, 6) is 0.944. The standard InChI is InChI=1S/C21H20ClNO4/c1-3-4-11-26-18-10-9-14(13-19(18)25-2)12-17-21(24)27-20(23-17)15-7-5-6-8-16(15)22/h5-10,12-13H,3-4,11H2,1-2H3. The summed E-state index contributed by atoms with van der Waals surface area (Å²) in [5.41, 5.74) is 1.53. The molecular weight excluding hydrogens is 366 g/mol. The summed E-state index contributed by atoms with van der Waals surface area (Å²) in [5, 5.41) is 0.473. The van der Waals surface area contributed by atoms with Crippen molar-refractivity contribution in [1.82, 2.24) is 0 Å². The van der Waals surface area contributed by atoms with Crippen molar-refractivity contribution in [2.24, 2.45) is 4.99 Å². The molecule has 2 aromatic rings. The molecule has 0 atom stereocenters. The van der Waals surface area contributed by atoms with Crippen LogP contribution in [0.15, 0.2) is 53.2 Å². The van der Waals surface area contributed by atoms with Gasteiger partial charge < -0.3 is 14.2 Å². The van der Waals surface area contributed by atoms with E-state index in [-0.39, 0.29) is 11.6 Å². The number of hydrogen-bond donors (Lipinski definition) is 0. The normalized spacial score (nSPS) is 14.9.